The summed E-state index contributed by atoms with van der Waals surface area (Å²) in [6.07, 6.45) is 8.67. The number of rotatable bonds is 5. The molecular formula is C25H32N4O4. The summed E-state index contributed by atoms with van der Waals surface area (Å²) >= 11 is 0. The maximum absolute atomic E-state index is 13.1. The Bertz CT molecular complexity index is 987. The molecule has 3 N–H and O–H groups in total. The van der Waals surface area contributed by atoms with E-state index in [0.717, 1.165) is 36.5 Å². The van der Waals surface area contributed by atoms with E-state index < -0.39 is 23.8 Å². The highest BCUT2D eigenvalue weighted by molar-refractivity contribution is 6.23. The van der Waals surface area contributed by atoms with Crippen LogP contribution in [0.1, 0.15) is 78.5 Å². The van der Waals surface area contributed by atoms with Gasteiger partial charge in [-0.05, 0) is 68.6 Å². The fourth-order valence-electron chi connectivity index (χ4n) is 6.11. The first kappa shape index (κ1) is 22.1. The molecule has 33 heavy (non-hydrogen) atoms. The second-order valence-corrected chi connectivity index (χ2v) is 10.1. The number of anilines is 1. The molecule has 0 bridgehead atoms. The quantitative estimate of drug-likeness (QED) is 0.663. The van der Waals surface area contributed by atoms with Crippen LogP contribution in [0.5, 0.6) is 0 Å². The molecule has 1 aliphatic carbocycles. The number of fused-ring (bicyclic) bond motifs is 1. The van der Waals surface area contributed by atoms with Gasteiger partial charge >= 0.3 is 0 Å². The van der Waals surface area contributed by atoms with Gasteiger partial charge in [0.15, 0.2) is 0 Å². The summed E-state index contributed by atoms with van der Waals surface area (Å²) in [5, 5.41) is 2.24. The molecule has 0 aromatic heterocycles. The summed E-state index contributed by atoms with van der Waals surface area (Å²) in [5.41, 5.74) is 8.14. The molecule has 3 fully saturated rings. The van der Waals surface area contributed by atoms with E-state index in [1.807, 2.05) is 6.07 Å². The van der Waals surface area contributed by atoms with Crippen LogP contribution in [-0.2, 0) is 9.59 Å². The van der Waals surface area contributed by atoms with Crippen molar-refractivity contribution in [3.63, 3.8) is 0 Å². The van der Waals surface area contributed by atoms with E-state index in [1.54, 1.807) is 12.1 Å². The molecule has 3 aliphatic heterocycles. The number of amides is 4. The van der Waals surface area contributed by atoms with Gasteiger partial charge in [0.05, 0.1) is 11.1 Å². The number of nitrogens with zero attached hydrogens (tertiary/aromatic N) is 2. The van der Waals surface area contributed by atoms with E-state index in [-0.39, 0.29) is 24.8 Å². The SMILES string of the molecule is NC(CC1CCCN(c2ccc3c(c2)C(=O)N(C2CCC(=O)NC2=O)C3=O)C1)C1CCCC1. The molecule has 4 amide bonds. The van der Waals surface area contributed by atoms with Gasteiger partial charge < -0.3 is 10.6 Å². The molecule has 0 radical (unpaired) electrons. The van der Waals surface area contributed by atoms with Gasteiger partial charge in [-0.1, -0.05) is 12.8 Å². The average Bonchev–Trinajstić information content (AvgIpc) is 3.42. The van der Waals surface area contributed by atoms with Gasteiger partial charge in [-0.2, -0.15) is 0 Å². The third-order valence-corrected chi connectivity index (χ3v) is 7.92. The molecule has 5 rings (SSSR count). The molecule has 1 saturated carbocycles. The second kappa shape index (κ2) is 8.89. The fraction of sp³-hybridized carbons (Fsp3) is 0.600. The smallest absolute Gasteiger partial charge is 0.262 e. The Morgan fingerprint density at radius 3 is 2.48 bits per heavy atom. The lowest BCUT2D eigenvalue weighted by molar-refractivity contribution is -0.136. The number of carbonyl (C=O) groups is 4. The van der Waals surface area contributed by atoms with Crippen LogP contribution in [0.2, 0.25) is 0 Å². The molecule has 4 aliphatic rings. The molecular weight excluding hydrogens is 420 g/mol. The zero-order valence-corrected chi connectivity index (χ0v) is 18.9. The fourth-order valence-corrected chi connectivity index (χ4v) is 6.11. The summed E-state index contributed by atoms with van der Waals surface area (Å²) < 4.78 is 0. The Hall–Kier alpha value is -2.74. The highest BCUT2D eigenvalue weighted by atomic mass is 16.2. The van der Waals surface area contributed by atoms with Crippen LogP contribution in [0.4, 0.5) is 5.69 Å². The zero-order chi connectivity index (χ0) is 23.1. The van der Waals surface area contributed by atoms with Gasteiger partial charge in [-0.25, -0.2) is 0 Å². The van der Waals surface area contributed by atoms with Crippen LogP contribution in [0, 0.1) is 11.8 Å². The van der Waals surface area contributed by atoms with Gasteiger partial charge in [0, 0.05) is 31.2 Å². The van der Waals surface area contributed by atoms with Gasteiger partial charge in [-0.3, -0.25) is 29.4 Å². The van der Waals surface area contributed by atoms with Crippen LogP contribution in [0.3, 0.4) is 0 Å². The van der Waals surface area contributed by atoms with Crippen molar-refractivity contribution in [2.45, 2.75) is 69.9 Å². The zero-order valence-electron chi connectivity index (χ0n) is 18.9. The normalized spacial score (nSPS) is 27.2. The Morgan fingerprint density at radius 2 is 1.73 bits per heavy atom. The highest BCUT2D eigenvalue weighted by Gasteiger charge is 2.44. The van der Waals surface area contributed by atoms with Gasteiger partial charge in [0.1, 0.15) is 6.04 Å². The summed E-state index contributed by atoms with van der Waals surface area (Å²) in [5.74, 6) is -0.693. The molecule has 8 heteroatoms. The summed E-state index contributed by atoms with van der Waals surface area (Å²) in [4.78, 5) is 53.1. The van der Waals surface area contributed by atoms with Gasteiger partial charge in [-0.15, -0.1) is 0 Å². The molecule has 1 aromatic rings. The Kier molecular flexibility index (Phi) is 5.95. The van der Waals surface area contributed by atoms with Crippen molar-refractivity contribution < 1.29 is 19.2 Å². The summed E-state index contributed by atoms with van der Waals surface area (Å²) in [7, 11) is 0. The number of imide groups is 2. The first-order valence-electron chi connectivity index (χ1n) is 12.3. The lowest BCUT2D eigenvalue weighted by Gasteiger charge is -2.36. The minimum absolute atomic E-state index is 0.118. The van der Waals surface area contributed by atoms with Crippen molar-refractivity contribution in [2.24, 2.45) is 17.6 Å². The van der Waals surface area contributed by atoms with Crippen molar-refractivity contribution >= 4 is 29.3 Å². The van der Waals surface area contributed by atoms with E-state index in [4.69, 9.17) is 5.73 Å². The molecule has 2 saturated heterocycles. The van der Waals surface area contributed by atoms with Crippen molar-refractivity contribution in [3.05, 3.63) is 29.3 Å². The lowest BCUT2D eigenvalue weighted by atomic mass is 9.85. The summed E-state index contributed by atoms with van der Waals surface area (Å²) in [6.45, 7) is 1.81. The maximum Gasteiger partial charge on any atom is 0.262 e. The Balaban J connectivity index is 1.30. The van der Waals surface area contributed by atoms with Crippen molar-refractivity contribution in [2.75, 3.05) is 18.0 Å². The standard InChI is InChI=1S/C25H32N4O4/c26-20(16-5-1-2-6-16)12-15-4-3-11-28(14-15)17-7-8-18-19(13-17)25(33)29(24(18)32)21-9-10-22(30)27-23(21)31/h7-8,13,15-16,20-21H,1-6,9-12,14,26H2,(H,27,30,31). The van der Waals surface area contributed by atoms with Crippen molar-refractivity contribution in [3.8, 4) is 0 Å². The average molecular weight is 453 g/mol. The van der Waals surface area contributed by atoms with E-state index in [1.165, 1.54) is 32.1 Å². The molecule has 3 heterocycles. The van der Waals surface area contributed by atoms with Crippen molar-refractivity contribution in [1.82, 2.24) is 10.2 Å². The van der Waals surface area contributed by atoms with Gasteiger partial charge in [0.25, 0.3) is 11.8 Å². The predicted octanol–water partition coefficient (Wildman–Crippen LogP) is 2.21. The molecule has 176 valence electrons. The van der Waals surface area contributed by atoms with E-state index in [2.05, 4.69) is 10.2 Å². The van der Waals surface area contributed by atoms with Crippen molar-refractivity contribution in [1.29, 1.82) is 0 Å². The van der Waals surface area contributed by atoms with E-state index in [0.29, 0.717) is 23.0 Å². The number of carbonyl (C=O) groups excluding carboxylic acids is 4. The van der Waals surface area contributed by atoms with E-state index in [9.17, 15) is 19.2 Å². The number of piperidine rings is 2. The second-order valence-electron chi connectivity index (χ2n) is 10.1. The highest BCUT2D eigenvalue weighted by Crippen LogP contribution is 2.34. The first-order valence-corrected chi connectivity index (χ1v) is 12.3. The minimum Gasteiger partial charge on any atom is -0.371 e. The van der Waals surface area contributed by atoms with Crippen LogP contribution < -0.4 is 16.0 Å². The predicted molar refractivity (Wildman–Crippen MR) is 123 cm³/mol. The number of nitrogens with two attached hydrogens (primary N) is 1. The molecule has 1 aromatic carbocycles. The first-order chi connectivity index (χ1) is 15.9. The van der Waals surface area contributed by atoms with Crippen LogP contribution in [0.15, 0.2) is 18.2 Å². The Labute approximate surface area is 193 Å². The summed E-state index contributed by atoms with van der Waals surface area (Å²) in [6, 6.07) is 4.72. The monoisotopic (exact) mass is 452 g/mol. The van der Waals surface area contributed by atoms with Crippen LogP contribution in [-0.4, -0.2) is 53.7 Å². The molecule has 3 unspecified atom stereocenters. The molecule has 8 nitrogen and oxygen atoms in total. The lowest BCUT2D eigenvalue weighted by Crippen LogP contribution is -2.54. The van der Waals surface area contributed by atoms with Crippen LogP contribution >= 0.6 is 0 Å². The number of benzene rings is 1. The minimum atomic E-state index is -0.935. The van der Waals surface area contributed by atoms with Gasteiger partial charge in [0.2, 0.25) is 11.8 Å². The topological polar surface area (TPSA) is 113 Å². The maximum atomic E-state index is 13.1. The van der Waals surface area contributed by atoms with Crippen LogP contribution in [0.25, 0.3) is 0 Å². The molecule has 3 atom stereocenters. The third-order valence-electron chi connectivity index (χ3n) is 7.92. The number of hydrogen-bond acceptors (Lipinski definition) is 6. The largest absolute Gasteiger partial charge is 0.371 e. The number of nitrogens with one attached hydrogen (secondary N) is 1. The third kappa shape index (κ3) is 4.16. The van der Waals surface area contributed by atoms with E-state index >= 15 is 0 Å². The molecule has 0 spiro atoms. The Morgan fingerprint density at radius 1 is 0.970 bits per heavy atom. The number of hydrogen-bond donors (Lipinski definition) is 2.